The molecule has 0 unspecified atom stereocenters. The molecule has 1 aromatic heterocycles. The number of carbonyl (C=O) groups is 1. The zero-order valence-electron chi connectivity index (χ0n) is 15.7. The first kappa shape index (κ1) is 19.5. The standard InChI is InChI=1S/C21H27N3O2/c1-4-5-6-7-8-12-26-18-11-9-10-17(14-18)24-21(25)19-13-15(2)16(3)23-20(19)22/h4-5,9-11,13-14H,6-8,12H2,1-3H3,(H2,22,23)(H,24,25). The van der Waals surface area contributed by atoms with Gasteiger partial charge in [0.05, 0.1) is 12.2 Å². The number of unbranched alkanes of at least 4 members (excludes halogenated alkanes) is 2. The molecule has 0 spiro atoms. The van der Waals surface area contributed by atoms with Gasteiger partial charge in [-0.15, -0.1) is 0 Å². The second-order valence-corrected chi connectivity index (χ2v) is 6.22. The maximum absolute atomic E-state index is 12.5. The summed E-state index contributed by atoms with van der Waals surface area (Å²) in [5, 5.41) is 2.86. The summed E-state index contributed by atoms with van der Waals surface area (Å²) in [6, 6.07) is 9.13. The molecule has 0 aliphatic heterocycles. The van der Waals surface area contributed by atoms with Crippen molar-refractivity contribution in [1.29, 1.82) is 0 Å². The Morgan fingerprint density at radius 1 is 1.27 bits per heavy atom. The normalized spacial score (nSPS) is 10.9. The summed E-state index contributed by atoms with van der Waals surface area (Å²) in [5.74, 6) is 0.695. The molecular formula is C21H27N3O2. The van der Waals surface area contributed by atoms with Crippen LogP contribution in [0.3, 0.4) is 0 Å². The van der Waals surface area contributed by atoms with Crippen LogP contribution in [0.2, 0.25) is 0 Å². The molecule has 138 valence electrons. The average molecular weight is 353 g/mol. The number of allylic oxidation sites excluding steroid dienone is 2. The van der Waals surface area contributed by atoms with E-state index in [1.807, 2.05) is 45.0 Å². The summed E-state index contributed by atoms with van der Waals surface area (Å²) in [6.45, 7) is 6.46. The quantitative estimate of drug-likeness (QED) is 0.534. The Labute approximate surface area is 155 Å². The number of rotatable bonds is 8. The van der Waals surface area contributed by atoms with Gasteiger partial charge < -0.3 is 15.8 Å². The van der Waals surface area contributed by atoms with Crippen LogP contribution in [0, 0.1) is 13.8 Å². The highest BCUT2D eigenvalue weighted by Gasteiger charge is 2.13. The lowest BCUT2D eigenvalue weighted by atomic mass is 10.1. The molecule has 0 aliphatic rings. The highest BCUT2D eigenvalue weighted by atomic mass is 16.5. The van der Waals surface area contributed by atoms with Crippen molar-refractivity contribution in [3.63, 3.8) is 0 Å². The van der Waals surface area contributed by atoms with Crippen molar-refractivity contribution in [3.8, 4) is 5.75 Å². The molecule has 0 bridgehead atoms. The molecule has 1 amide bonds. The largest absolute Gasteiger partial charge is 0.494 e. The fourth-order valence-electron chi connectivity index (χ4n) is 2.49. The van der Waals surface area contributed by atoms with Crippen LogP contribution in [0.4, 0.5) is 11.5 Å². The SMILES string of the molecule is CC=CCCCCOc1cccc(NC(=O)c2cc(C)c(C)nc2N)c1. The van der Waals surface area contributed by atoms with Crippen molar-refractivity contribution < 1.29 is 9.53 Å². The van der Waals surface area contributed by atoms with Crippen LogP contribution in [0.1, 0.15) is 47.8 Å². The summed E-state index contributed by atoms with van der Waals surface area (Å²) in [6.07, 6.45) is 7.38. The molecule has 0 saturated carbocycles. The van der Waals surface area contributed by atoms with E-state index in [0.717, 1.165) is 36.3 Å². The molecule has 0 saturated heterocycles. The van der Waals surface area contributed by atoms with Gasteiger partial charge in [0.15, 0.2) is 0 Å². The maximum atomic E-state index is 12.5. The first-order valence-corrected chi connectivity index (χ1v) is 8.90. The number of pyridine rings is 1. The van der Waals surface area contributed by atoms with Crippen LogP contribution < -0.4 is 15.8 Å². The Hall–Kier alpha value is -2.82. The van der Waals surface area contributed by atoms with Crippen molar-refractivity contribution in [2.75, 3.05) is 17.7 Å². The number of nitrogens with zero attached hydrogens (tertiary/aromatic N) is 1. The minimum atomic E-state index is -0.276. The lowest BCUT2D eigenvalue weighted by molar-refractivity contribution is 0.102. The van der Waals surface area contributed by atoms with E-state index in [2.05, 4.69) is 22.5 Å². The highest BCUT2D eigenvalue weighted by molar-refractivity contribution is 6.07. The van der Waals surface area contributed by atoms with Crippen molar-refractivity contribution >= 4 is 17.4 Å². The number of nitrogen functional groups attached to an aromatic ring is 1. The van der Waals surface area contributed by atoms with Crippen LogP contribution in [0.25, 0.3) is 0 Å². The topological polar surface area (TPSA) is 77.2 Å². The Morgan fingerprint density at radius 2 is 2.08 bits per heavy atom. The number of aryl methyl sites for hydroxylation is 2. The number of carbonyl (C=O) groups excluding carboxylic acids is 1. The van der Waals surface area contributed by atoms with Gasteiger partial charge in [0.25, 0.3) is 5.91 Å². The number of amides is 1. The second kappa shape index (κ2) is 9.61. The molecule has 5 nitrogen and oxygen atoms in total. The Balaban J connectivity index is 1.95. The summed E-state index contributed by atoms with van der Waals surface area (Å²) >= 11 is 0. The van der Waals surface area contributed by atoms with E-state index in [-0.39, 0.29) is 11.7 Å². The van der Waals surface area contributed by atoms with Crippen molar-refractivity contribution in [2.45, 2.75) is 40.0 Å². The predicted molar refractivity (Wildman–Crippen MR) is 107 cm³/mol. The fourth-order valence-corrected chi connectivity index (χ4v) is 2.49. The number of anilines is 2. The summed E-state index contributed by atoms with van der Waals surface area (Å²) in [4.78, 5) is 16.7. The van der Waals surface area contributed by atoms with Crippen LogP contribution in [-0.4, -0.2) is 17.5 Å². The number of hydrogen-bond acceptors (Lipinski definition) is 4. The molecule has 1 heterocycles. The fraction of sp³-hybridized carbons (Fsp3) is 0.333. The van der Waals surface area contributed by atoms with Crippen LogP contribution in [0.15, 0.2) is 42.5 Å². The van der Waals surface area contributed by atoms with Crippen LogP contribution in [-0.2, 0) is 0 Å². The van der Waals surface area contributed by atoms with E-state index >= 15 is 0 Å². The van der Waals surface area contributed by atoms with Gasteiger partial charge in [-0.3, -0.25) is 4.79 Å². The zero-order chi connectivity index (χ0) is 18.9. The van der Waals surface area contributed by atoms with Gasteiger partial charge in [-0.05, 0) is 63.8 Å². The van der Waals surface area contributed by atoms with Crippen LogP contribution >= 0.6 is 0 Å². The average Bonchev–Trinajstić information content (AvgIpc) is 2.61. The molecule has 0 atom stereocenters. The van der Waals surface area contributed by atoms with Crippen LogP contribution in [0.5, 0.6) is 5.75 Å². The molecule has 26 heavy (non-hydrogen) atoms. The zero-order valence-corrected chi connectivity index (χ0v) is 15.7. The van der Waals surface area contributed by atoms with Gasteiger partial charge in [-0.1, -0.05) is 18.2 Å². The molecule has 0 radical (unpaired) electrons. The Bertz CT molecular complexity index is 785. The molecule has 0 aliphatic carbocycles. The van der Waals surface area contributed by atoms with E-state index in [1.165, 1.54) is 0 Å². The molecule has 2 rings (SSSR count). The molecule has 5 heteroatoms. The smallest absolute Gasteiger partial charge is 0.259 e. The highest BCUT2D eigenvalue weighted by Crippen LogP contribution is 2.20. The number of hydrogen-bond donors (Lipinski definition) is 2. The number of ether oxygens (including phenoxy) is 1. The molecule has 0 fully saturated rings. The number of nitrogens with two attached hydrogens (primary N) is 1. The first-order chi connectivity index (χ1) is 12.5. The lowest BCUT2D eigenvalue weighted by Gasteiger charge is -2.11. The summed E-state index contributed by atoms with van der Waals surface area (Å²) < 4.78 is 5.76. The third-order valence-electron chi connectivity index (χ3n) is 4.10. The van der Waals surface area contributed by atoms with Crippen molar-refractivity contribution in [2.24, 2.45) is 0 Å². The monoisotopic (exact) mass is 353 g/mol. The van der Waals surface area contributed by atoms with Gasteiger partial charge in [0.2, 0.25) is 0 Å². The molecule has 1 aromatic carbocycles. The molecular weight excluding hydrogens is 326 g/mol. The lowest BCUT2D eigenvalue weighted by Crippen LogP contribution is -2.16. The predicted octanol–water partition coefficient (Wildman–Crippen LogP) is 4.66. The third-order valence-corrected chi connectivity index (χ3v) is 4.10. The van der Waals surface area contributed by atoms with E-state index in [9.17, 15) is 4.79 Å². The molecule has 2 aromatic rings. The number of aromatic nitrogens is 1. The summed E-state index contributed by atoms with van der Waals surface area (Å²) in [5.41, 5.74) is 8.69. The van der Waals surface area contributed by atoms with Crippen molar-refractivity contribution in [1.82, 2.24) is 4.98 Å². The Kier molecular flexibility index (Phi) is 7.21. The van der Waals surface area contributed by atoms with Gasteiger partial charge in [-0.25, -0.2) is 4.98 Å². The maximum Gasteiger partial charge on any atom is 0.259 e. The number of nitrogens with one attached hydrogen (secondary N) is 1. The van der Waals surface area contributed by atoms with Gasteiger partial charge in [0.1, 0.15) is 11.6 Å². The van der Waals surface area contributed by atoms with Gasteiger partial charge in [0, 0.05) is 17.4 Å². The van der Waals surface area contributed by atoms with E-state index < -0.39 is 0 Å². The summed E-state index contributed by atoms with van der Waals surface area (Å²) in [7, 11) is 0. The van der Waals surface area contributed by atoms with E-state index in [1.54, 1.807) is 6.07 Å². The minimum absolute atomic E-state index is 0.235. The van der Waals surface area contributed by atoms with Gasteiger partial charge in [-0.2, -0.15) is 0 Å². The second-order valence-electron chi connectivity index (χ2n) is 6.22. The van der Waals surface area contributed by atoms with Gasteiger partial charge >= 0.3 is 0 Å². The number of benzene rings is 1. The molecule has 3 N–H and O–H groups in total. The minimum Gasteiger partial charge on any atom is -0.494 e. The first-order valence-electron chi connectivity index (χ1n) is 8.90. The third kappa shape index (κ3) is 5.62. The van der Waals surface area contributed by atoms with E-state index in [4.69, 9.17) is 10.5 Å². The van der Waals surface area contributed by atoms with E-state index in [0.29, 0.717) is 17.9 Å². The van der Waals surface area contributed by atoms with Crippen molar-refractivity contribution in [3.05, 3.63) is 59.3 Å². The Morgan fingerprint density at radius 3 is 2.85 bits per heavy atom.